The maximum atomic E-state index is 5.88. The Bertz CT molecular complexity index is 1590. The Labute approximate surface area is 237 Å². The molecule has 0 spiro atoms. The van der Waals surface area contributed by atoms with E-state index < -0.39 is 7.36 Å². The molecular formula is C30H30BrN6OP. The molecule has 9 heteroatoms. The number of hydrogen-bond acceptors (Lipinski definition) is 4. The first kappa shape index (κ1) is 25.0. The number of aromatic nitrogens is 2. The Morgan fingerprint density at radius 3 is 2.26 bits per heavy atom. The highest BCUT2D eigenvalue weighted by Gasteiger charge is 2.51. The SMILES string of the molecule is Cc1nn(-c2ccccc2)c2c1P(=Nc1ccccc1Br)(N1CCOCC1)N(C1CC1)C(c1ccccc1)=N2. The van der Waals surface area contributed by atoms with Crippen molar-refractivity contribution in [3.63, 3.8) is 0 Å². The van der Waals surface area contributed by atoms with Crippen molar-refractivity contribution in [1.29, 1.82) is 0 Å². The molecule has 198 valence electrons. The van der Waals surface area contributed by atoms with E-state index >= 15 is 0 Å². The van der Waals surface area contributed by atoms with E-state index in [2.05, 4.69) is 105 Å². The van der Waals surface area contributed by atoms with Gasteiger partial charge in [0.25, 0.3) is 0 Å². The van der Waals surface area contributed by atoms with Crippen LogP contribution in [0.15, 0.2) is 99.1 Å². The Hall–Kier alpha value is -3.03. The van der Waals surface area contributed by atoms with Gasteiger partial charge in [-0.25, -0.2) is 19.1 Å². The molecule has 1 aromatic heterocycles. The molecule has 0 N–H and O–H groups in total. The predicted octanol–water partition coefficient (Wildman–Crippen LogP) is 6.82. The number of nitrogens with zero attached hydrogens (tertiary/aromatic N) is 6. The Morgan fingerprint density at radius 2 is 1.56 bits per heavy atom. The fourth-order valence-corrected chi connectivity index (χ4v) is 10.4. The number of aliphatic imine (C=N–C) groups is 1. The zero-order valence-electron chi connectivity index (χ0n) is 21.8. The van der Waals surface area contributed by atoms with E-state index in [4.69, 9.17) is 19.6 Å². The van der Waals surface area contributed by atoms with E-state index in [1.54, 1.807) is 0 Å². The first-order valence-corrected chi connectivity index (χ1v) is 15.9. The van der Waals surface area contributed by atoms with Gasteiger partial charge in [0.15, 0.2) is 13.2 Å². The fourth-order valence-electron chi connectivity index (χ4n) is 5.56. The number of benzene rings is 3. The lowest BCUT2D eigenvalue weighted by Gasteiger charge is -2.48. The normalized spacial score (nSPS) is 21.4. The van der Waals surface area contributed by atoms with Gasteiger partial charge in [-0.3, -0.25) is 0 Å². The molecule has 3 heterocycles. The van der Waals surface area contributed by atoms with Crippen LogP contribution in [-0.4, -0.2) is 57.3 Å². The standard InChI is InChI=1S/C30H30BrN6OP/c1-22-28-30(36(33-22)24-12-6-3-7-13-24)32-29(23-10-4-2-5-11-23)37(25-16-17-25)39(28,35-18-20-38-21-19-35)34-27-15-9-8-14-26(27)31/h2-15,25H,16-21H2,1H3. The van der Waals surface area contributed by atoms with Crippen molar-refractivity contribution in [3.05, 3.63) is 101 Å². The monoisotopic (exact) mass is 600 g/mol. The van der Waals surface area contributed by atoms with Crippen LogP contribution in [0.1, 0.15) is 24.1 Å². The van der Waals surface area contributed by atoms with Crippen molar-refractivity contribution in [3.8, 4) is 5.69 Å². The lowest BCUT2D eigenvalue weighted by Crippen LogP contribution is -2.47. The highest BCUT2D eigenvalue weighted by molar-refractivity contribution is 9.10. The van der Waals surface area contributed by atoms with E-state index in [1.165, 1.54) is 0 Å². The summed E-state index contributed by atoms with van der Waals surface area (Å²) in [4.78, 5) is 5.45. The average Bonchev–Trinajstić information content (AvgIpc) is 3.77. The van der Waals surface area contributed by atoms with Crippen LogP contribution in [0.4, 0.5) is 11.5 Å². The number of amidine groups is 1. The third kappa shape index (κ3) is 4.30. The minimum Gasteiger partial charge on any atom is -0.379 e. The Kier molecular flexibility index (Phi) is 6.52. The molecule has 7 nitrogen and oxygen atoms in total. The molecule has 3 aliphatic rings. The molecular weight excluding hydrogens is 571 g/mol. The average molecular weight is 601 g/mol. The van der Waals surface area contributed by atoms with Gasteiger partial charge in [-0.1, -0.05) is 60.7 Å². The number of halogens is 1. The molecule has 2 aliphatic heterocycles. The molecule has 1 unspecified atom stereocenters. The van der Waals surface area contributed by atoms with Gasteiger partial charge in [0.2, 0.25) is 0 Å². The van der Waals surface area contributed by atoms with Crippen LogP contribution in [0.2, 0.25) is 0 Å². The molecule has 2 fully saturated rings. The number of para-hydroxylation sites is 1. The summed E-state index contributed by atoms with van der Waals surface area (Å²) in [6.07, 6.45) is 2.26. The van der Waals surface area contributed by atoms with E-state index in [9.17, 15) is 0 Å². The molecule has 7 rings (SSSR count). The lowest BCUT2D eigenvalue weighted by molar-refractivity contribution is 0.0729. The zero-order chi connectivity index (χ0) is 26.4. The van der Waals surface area contributed by atoms with Crippen molar-refractivity contribution in [2.75, 3.05) is 26.3 Å². The molecule has 4 aromatic rings. The second kappa shape index (κ2) is 10.2. The second-order valence-corrected chi connectivity index (χ2v) is 13.7. The van der Waals surface area contributed by atoms with Crippen LogP contribution in [0, 0.1) is 6.92 Å². The Morgan fingerprint density at radius 1 is 0.897 bits per heavy atom. The van der Waals surface area contributed by atoms with Gasteiger partial charge in [-0.05, 0) is 60.0 Å². The summed E-state index contributed by atoms with van der Waals surface area (Å²) < 4.78 is 19.9. The number of ether oxygens (including phenoxy) is 1. The molecule has 1 saturated carbocycles. The number of rotatable bonds is 5. The van der Waals surface area contributed by atoms with Gasteiger partial charge in [0.05, 0.1) is 35.6 Å². The third-order valence-corrected chi connectivity index (χ3v) is 12.0. The summed E-state index contributed by atoms with van der Waals surface area (Å²) in [5, 5.41) is 6.29. The molecule has 39 heavy (non-hydrogen) atoms. The first-order chi connectivity index (χ1) is 19.2. The maximum Gasteiger partial charge on any atom is 0.170 e. The maximum absolute atomic E-state index is 5.88. The zero-order valence-corrected chi connectivity index (χ0v) is 24.3. The van der Waals surface area contributed by atoms with Gasteiger partial charge in [0.1, 0.15) is 5.84 Å². The summed E-state index contributed by atoms with van der Waals surface area (Å²) in [6.45, 7) is 5.11. The molecule has 1 aliphatic carbocycles. The lowest BCUT2D eigenvalue weighted by atomic mass is 10.2. The summed E-state index contributed by atoms with van der Waals surface area (Å²) in [5.74, 6) is 1.86. The topological polar surface area (TPSA) is 58.3 Å². The molecule has 0 radical (unpaired) electrons. The molecule has 0 bridgehead atoms. The molecule has 1 atom stereocenters. The summed E-state index contributed by atoms with van der Waals surface area (Å²) >= 11 is 3.82. The Balaban J connectivity index is 1.61. The van der Waals surface area contributed by atoms with Crippen molar-refractivity contribution in [1.82, 2.24) is 19.1 Å². The quantitative estimate of drug-likeness (QED) is 0.236. The number of aryl methyl sites for hydroxylation is 1. The van der Waals surface area contributed by atoms with Crippen molar-refractivity contribution < 1.29 is 4.74 Å². The van der Waals surface area contributed by atoms with Gasteiger partial charge in [-0.2, -0.15) is 5.10 Å². The molecule has 0 amide bonds. The number of hydrogen-bond donors (Lipinski definition) is 0. The summed E-state index contributed by atoms with van der Waals surface area (Å²) in [5.41, 5.74) is 4.04. The number of morpholine rings is 1. The molecule has 1 saturated heterocycles. The minimum absolute atomic E-state index is 0.374. The van der Waals surface area contributed by atoms with E-state index in [0.717, 1.165) is 70.0 Å². The van der Waals surface area contributed by atoms with Crippen molar-refractivity contribution in [2.45, 2.75) is 25.8 Å². The highest BCUT2D eigenvalue weighted by atomic mass is 79.9. The smallest absolute Gasteiger partial charge is 0.170 e. The van der Waals surface area contributed by atoms with Gasteiger partial charge < -0.3 is 9.41 Å². The predicted molar refractivity (Wildman–Crippen MR) is 161 cm³/mol. The first-order valence-electron chi connectivity index (χ1n) is 13.5. The van der Waals surface area contributed by atoms with Crippen LogP contribution in [0.5, 0.6) is 0 Å². The van der Waals surface area contributed by atoms with Crippen LogP contribution < -0.4 is 5.30 Å². The van der Waals surface area contributed by atoms with Gasteiger partial charge in [-0.15, -0.1) is 0 Å². The van der Waals surface area contributed by atoms with Crippen LogP contribution in [-0.2, 0) is 4.74 Å². The second-order valence-electron chi connectivity index (χ2n) is 10.1. The minimum atomic E-state index is -2.60. The summed E-state index contributed by atoms with van der Waals surface area (Å²) in [6, 6.07) is 29.6. The van der Waals surface area contributed by atoms with Crippen molar-refractivity contribution >= 4 is 45.9 Å². The highest BCUT2D eigenvalue weighted by Crippen LogP contribution is 2.65. The molecule has 3 aromatic carbocycles. The van der Waals surface area contributed by atoms with E-state index in [1.807, 2.05) is 16.8 Å². The summed E-state index contributed by atoms with van der Waals surface area (Å²) in [7, 11) is -2.60. The van der Waals surface area contributed by atoms with Crippen LogP contribution >= 0.6 is 23.3 Å². The van der Waals surface area contributed by atoms with Crippen molar-refractivity contribution in [2.24, 2.45) is 9.74 Å². The van der Waals surface area contributed by atoms with Crippen LogP contribution in [0.3, 0.4) is 0 Å². The van der Waals surface area contributed by atoms with Crippen LogP contribution in [0.25, 0.3) is 5.69 Å². The van der Waals surface area contributed by atoms with E-state index in [0.29, 0.717) is 19.3 Å². The third-order valence-electron chi connectivity index (χ3n) is 7.44. The fraction of sp³-hybridized carbons (Fsp3) is 0.267. The van der Waals surface area contributed by atoms with E-state index in [-0.39, 0.29) is 0 Å². The van der Waals surface area contributed by atoms with Gasteiger partial charge in [0, 0.05) is 29.2 Å². The largest absolute Gasteiger partial charge is 0.379 e. The van der Waals surface area contributed by atoms with Gasteiger partial charge >= 0.3 is 0 Å². The number of fused-ring (bicyclic) bond motifs is 1.